The van der Waals surface area contributed by atoms with Gasteiger partial charge in [0.1, 0.15) is 12.1 Å². The summed E-state index contributed by atoms with van der Waals surface area (Å²) in [5, 5.41) is 2.66. The second kappa shape index (κ2) is 8.85. The molecule has 30 heavy (non-hydrogen) atoms. The van der Waals surface area contributed by atoms with Gasteiger partial charge >= 0.3 is 12.0 Å². The lowest BCUT2D eigenvalue weighted by molar-refractivity contribution is -0.155. The molecular formula is C22H29N3O5. The fourth-order valence-electron chi connectivity index (χ4n) is 4.08. The third-order valence-electron chi connectivity index (χ3n) is 5.97. The Morgan fingerprint density at radius 3 is 2.57 bits per heavy atom. The van der Waals surface area contributed by atoms with Crippen molar-refractivity contribution in [3.63, 3.8) is 0 Å². The van der Waals surface area contributed by atoms with E-state index in [1.807, 2.05) is 26.0 Å². The number of hydrogen-bond donors (Lipinski definition) is 1. The molecule has 162 valence electrons. The summed E-state index contributed by atoms with van der Waals surface area (Å²) < 4.78 is 5.09. The zero-order chi connectivity index (χ0) is 21.9. The first kappa shape index (κ1) is 21.8. The van der Waals surface area contributed by atoms with Crippen molar-refractivity contribution in [1.82, 2.24) is 15.1 Å². The molecule has 2 saturated heterocycles. The van der Waals surface area contributed by atoms with Crippen molar-refractivity contribution >= 4 is 23.8 Å². The van der Waals surface area contributed by atoms with Gasteiger partial charge in [-0.15, -0.1) is 0 Å². The molecule has 1 aromatic rings. The minimum atomic E-state index is -1.25. The van der Waals surface area contributed by atoms with Gasteiger partial charge in [-0.05, 0) is 45.1 Å². The standard InChI is InChI=1S/C22H29N3O5/c1-4-17-7-5-6-12-24(17)18(26)14-30-19(27)13-25-20(28)22(3,23-21(25)29)16-10-8-15(2)9-11-16/h8-11,17H,4-7,12-14H2,1-3H3,(H,23,29)/t17-,22+/m1/s1. The van der Waals surface area contributed by atoms with Gasteiger partial charge in [-0.3, -0.25) is 19.3 Å². The lowest BCUT2D eigenvalue weighted by atomic mass is 9.91. The summed E-state index contributed by atoms with van der Waals surface area (Å²) in [5.74, 6) is -1.55. The van der Waals surface area contributed by atoms with Gasteiger partial charge in [0.15, 0.2) is 6.61 Å². The van der Waals surface area contributed by atoms with Crippen molar-refractivity contribution in [1.29, 1.82) is 0 Å². The zero-order valence-corrected chi connectivity index (χ0v) is 17.8. The first-order valence-corrected chi connectivity index (χ1v) is 10.4. The summed E-state index contributed by atoms with van der Waals surface area (Å²) in [7, 11) is 0. The number of esters is 1. The van der Waals surface area contributed by atoms with E-state index in [0.29, 0.717) is 12.1 Å². The van der Waals surface area contributed by atoms with E-state index < -0.39 is 30.0 Å². The minimum absolute atomic E-state index is 0.172. The number of piperidine rings is 1. The number of hydrogen-bond acceptors (Lipinski definition) is 5. The van der Waals surface area contributed by atoms with Gasteiger partial charge in [0.05, 0.1) is 0 Å². The van der Waals surface area contributed by atoms with Crippen molar-refractivity contribution in [3.05, 3.63) is 35.4 Å². The summed E-state index contributed by atoms with van der Waals surface area (Å²) >= 11 is 0. The molecule has 0 radical (unpaired) electrons. The van der Waals surface area contributed by atoms with Gasteiger partial charge in [0.2, 0.25) is 0 Å². The molecule has 4 amide bonds. The summed E-state index contributed by atoms with van der Waals surface area (Å²) in [6, 6.07) is 6.77. The quantitative estimate of drug-likeness (QED) is 0.567. The Kier molecular flexibility index (Phi) is 6.43. The third kappa shape index (κ3) is 4.32. The predicted molar refractivity (Wildman–Crippen MR) is 109 cm³/mol. The van der Waals surface area contributed by atoms with Crippen LogP contribution in [-0.4, -0.2) is 59.4 Å². The highest BCUT2D eigenvalue weighted by Gasteiger charge is 2.49. The topological polar surface area (TPSA) is 96.0 Å². The van der Waals surface area contributed by atoms with Crippen molar-refractivity contribution in [2.75, 3.05) is 19.7 Å². The van der Waals surface area contributed by atoms with Crippen LogP contribution >= 0.6 is 0 Å². The Bertz CT molecular complexity index is 838. The van der Waals surface area contributed by atoms with Crippen molar-refractivity contribution in [3.8, 4) is 0 Å². The number of rotatable bonds is 6. The molecule has 0 aromatic heterocycles. The normalized spacial score (nSPS) is 24.0. The Balaban J connectivity index is 1.58. The van der Waals surface area contributed by atoms with Crippen LogP contribution in [0.15, 0.2) is 24.3 Å². The van der Waals surface area contributed by atoms with E-state index in [2.05, 4.69) is 5.32 Å². The summed E-state index contributed by atoms with van der Waals surface area (Å²) in [6.07, 6.45) is 3.85. The molecule has 2 atom stereocenters. The maximum Gasteiger partial charge on any atom is 0.326 e. The molecule has 0 spiro atoms. The highest BCUT2D eigenvalue weighted by molar-refractivity contribution is 6.08. The summed E-state index contributed by atoms with van der Waals surface area (Å²) in [4.78, 5) is 52.5. The number of benzene rings is 1. The number of carbonyl (C=O) groups is 4. The van der Waals surface area contributed by atoms with Gasteiger partial charge in [0.25, 0.3) is 11.8 Å². The number of ether oxygens (including phenoxy) is 1. The predicted octanol–water partition coefficient (Wildman–Crippen LogP) is 2.10. The number of urea groups is 1. The van der Waals surface area contributed by atoms with Gasteiger partial charge in [-0.1, -0.05) is 36.8 Å². The van der Waals surface area contributed by atoms with Gasteiger partial charge < -0.3 is 15.0 Å². The van der Waals surface area contributed by atoms with Crippen LogP contribution in [0.4, 0.5) is 4.79 Å². The van der Waals surface area contributed by atoms with Crippen molar-refractivity contribution in [2.45, 2.75) is 58.0 Å². The molecule has 8 nitrogen and oxygen atoms in total. The van der Waals surface area contributed by atoms with E-state index in [1.165, 1.54) is 0 Å². The number of nitrogens with zero attached hydrogens (tertiary/aromatic N) is 2. The fraction of sp³-hybridized carbons (Fsp3) is 0.545. The van der Waals surface area contributed by atoms with Gasteiger partial charge in [-0.25, -0.2) is 4.79 Å². The van der Waals surface area contributed by atoms with E-state index in [-0.39, 0.29) is 18.6 Å². The van der Waals surface area contributed by atoms with Crippen molar-refractivity contribution in [2.24, 2.45) is 0 Å². The van der Waals surface area contributed by atoms with Crippen LogP contribution in [-0.2, 0) is 24.7 Å². The third-order valence-corrected chi connectivity index (χ3v) is 5.97. The molecule has 3 rings (SSSR count). The molecule has 1 N–H and O–H groups in total. The molecule has 0 saturated carbocycles. The zero-order valence-electron chi connectivity index (χ0n) is 17.8. The Morgan fingerprint density at radius 1 is 1.20 bits per heavy atom. The SMILES string of the molecule is CC[C@@H]1CCCCN1C(=O)COC(=O)CN1C(=O)N[C@@](C)(c2ccc(C)cc2)C1=O. The summed E-state index contributed by atoms with van der Waals surface area (Å²) in [6.45, 7) is 5.32. The van der Waals surface area contributed by atoms with Crippen LogP contribution in [0.3, 0.4) is 0 Å². The van der Waals surface area contributed by atoms with Crippen molar-refractivity contribution < 1.29 is 23.9 Å². The van der Waals surface area contributed by atoms with E-state index in [1.54, 1.807) is 24.0 Å². The second-order valence-corrected chi connectivity index (χ2v) is 8.12. The Morgan fingerprint density at radius 2 is 1.90 bits per heavy atom. The molecule has 8 heteroatoms. The maximum atomic E-state index is 12.9. The molecule has 0 aliphatic carbocycles. The molecule has 0 bridgehead atoms. The number of carbonyl (C=O) groups excluding carboxylic acids is 4. The maximum absolute atomic E-state index is 12.9. The number of likely N-dealkylation sites (tertiary alicyclic amines) is 1. The molecule has 0 unspecified atom stereocenters. The smallest absolute Gasteiger partial charge is 0.326 e. The van der Waals surface area contributed by atoms with Crippen LogP contribution < -0.4 is 5.32 Å². The lowest BCUT2D eigenvalue weighted by Crippen LogP contribution is -2.46. The average Bonchev–Trinajstić information content (AvgIpc) is 2.96. The van der Waals surface area contributed by atoms with Gasteiger partial charge in [-0.2, -0.15) is 0 Å². The first-order chi connectivity index (χ1) is 14.3. The number of nitrogens with one attached hydrogen (secondary N) is 1. The Hall–Kier alpha value is -2.90. The highest BCUT2D eigenvalue weighted by Crippen LogP contribution is 2.29. The first-order valence-electron chi connectivity index (χ1n) is 10.4. The van der Waals surface area contributed by atoms with Crippen LogP contribution in [0.1, 0.15) is 50.7 Å². The number of aryl methyl sites for hydroxylation is 1. The van der Waals surface area contributed by atoms with Crippen LogP contribution in [0.2, 0.25) is 0 Å². The molecule has 1 aromatic carbocycles. The molecule has 2 aliphatic rings. The molecule has 2 heterocycles. The van der Waals surface area contributed by atoms with Crippen LogP contribution in [0, 0.1) is 6.92 Å². The molecule has 2 aliphatic heterocycles. The molecular weight excluding hydrogens is 386 g/mol. The van der Waals surface area contributed by atoms with E-state index in [0.717, 1.165) is 36.1 Å². The number of imide groups is 1. The van der Waals surface area contributed by atoms with Crippen LogP contribution in [0.25, 0.3) is 0 Å². The monoisotopic (exact) mass is 415 g/mol. The number of amides is 4. The van der Waals surface area contributed by atoms with E-state index >= 15 is 0 Å². The van der Waals surface area contributed by atoms with Gasteiger partial charge in [0, 0.05) is 12.6 Å². The van der Waals surface area contributed by atoms with Crippen LogP contribution in [0.5, 0.6) is 0 Å². The highest BCUT2D eigenvalue weighted by atomic mass is 16.5. The average molecular weight is 415 g/mol. The van der Waals surface area contributed by atoms with E-state index in [9.17, 15) is 19.2 Å². The summed E-state index contributed by atoms with van der Waals surface area (Å²) in [5.41, 5.74) is 0.416. The molecule has 2 fully saturated rings. The second-order valence-electron chi connectivity index (χ2n) is 8.12. The van der Waals surface area contributed by atoms with E-state index in [4.69, 9.17) is 4.74 Å². The minimum Gasteiger partial charge on any atom is -0.454 e. The lowest BCUT2D eigenvalue weighted by Gasteiger charge is -2.35. The fourth-order valence-corrected chi connectivity index (χ4v) is 4.08. The Labute approximate surface area is 176 Å². The largest absolute Gasteiger partial charge is 0.454 e.